The summed E-state index contributed by atoms with van der Waals surface area (Å²) >= 11 is 0. The molecule has 2 heteroatoms. The molecule has 0 amide bonds. The summed E-state index contributed by atoms with van der Waals surface area (Å²) in [4.78, 5) is 2.43. The first-order valence-electron chi connectivity index (χ1n) is 5.02. The smallest absolute Gasteiger partial charge is 0.00450 e. The Morgan fingerprint density at radius 3 is 2.42 bits per heavy atom. The first-order valence-corrected chi connectivity index (χ1v) is 5.02. The molecule has 0 atom stereocenters. The van der Waals surface area contributed by atoms with Crippen LogP contribution in [-0.2, 0) is 0 Å². The molecule has 0 spiro atoms. The lowest BCUT2D eigenvalue weighted by Gasteiger charge is -2.35. The van der Waals surface area contributed by atoms with E-state index >= 15 is 0 Å². The number of nitrogens with zero attached hydrogens (tertiary/aromatic N) is 1. The minimum Gasteiger partial charge on any atom is -0.328 e. The van der Waals surface area contributed by atoms with E-state index in [9.17, 15) is 0 Å². The molecule has 1 aliphatic rings. The second kappa shape index (κ2) is 4.24. The van der Waals surface area contributed by atoms with Gasteiger partial charge in [0.1, 0.15) is 0 Å². The molecule has 12 heavy (non-hydrogen) atoms. The molecule has 0 bridgehead atoms. The van der Waals surface area contributed by atoms with E-state index in [0.29, 0.717) is 6.04 Å². The second-order valence-corrected chi connectivity index (χ2v) is 4.71. The first-order chi connectivity index (χ1) is 5.58. The Morgan fingerprint density at radius 1 is 1.42 bits per heavy atom. The van der Waals surface area contributed by atoms with E-state index in [1.807, 2.05) is 0 Å². The van der Waals surface area contributed by atoms with Gasteiger partial charge in [-0.05, 0) is 31.7 Å². The average molecular weight is 170 g/mol. The molecule has 72 valence electrons. The van der Waals surface area contributed by atoms with E-state index < -0.39 is 0 Å². The van der Waals surface area contributed by atoms with Crippen molar-refractivity contribution in [2.75, 3.05) is 20.1 Å². The summed E-state index contributed by atoms with van der Waals surface area (Å²) in [5.74, 6) is 1.66. The zero-order valence-corrected chi connectivity index (χ0v) is 8.59. The molecule has 1 fully saturated rings. The molecule has 2 nitrogen and oxygen atoms in total. The Hall–Kier alpha value is -0.0800. The highest BCUT2D eigenvalue weighted by atomic mass is 15.1. The Balaban J connectivity index is 2.06. The highest BCUT2D eigenvalue weighted by Gasteiger charge is 2.26. The van der Waals surface area contributed by atoms with Crippen LogP contribution >= 0.6 is 0 Å². The van der Waals surface area contributed by atoms with Gasteiger partial charge < -0.3 is 10.6 Å². The van der Waals surface area contributed by atoms with Gasteiger partial charge in [0.25, 0.3) is 0 Å². The van der Waals surface area contributed by atoms with E-state index in [0.717, 1.165) is 11.8 Å². The van der Waals surface area contributed by atoms with Crippen LogP contribution in [0.1, 0.15) is 26.7 Å². The van der Waals surface area contributed by atoms with Gasteiger partial charge in [-0.1, -0.05) is 13.8 Å². The van der Waals surface area contributed by atoms with Gasteiger partial charge in [-0.15, -0.1) is 0 Å². The highest BCUT2D eigenvalue weighted by molar-refractivity contribution is 4.83. The van der Waals surface area contributed by atoms with E-state index in [2.05, 4.69) is 25.8 Å². The van der Waals surface area contributed by atoms with Gasteiger partial charge in [0, 0.05) is 19.1 Å². The van der Waals surface area contributed by atoms with Crippen LogP contribution in [-0.4, -0.2) is 31.1 Å². The predicted molar refractivity (Wildman–Crippen MR) is 53.0 cm³/mol. The van der Waals surface area contributed by atoms with Gasteiger partial charge in [-0.3, -0.25) is 0 Å². The van der Waals surface area contributed by atoms with Crippen molar-refractivity contribution in [1.29, 1.82) is 0 Å². The number of hydrogen-bond acceptors (Lipinski definition) is 2. The molecule has 0 aromatic heterocycles. The minimum absolute atomic E-state index is 0.502. The van der Waals surface area contributed by atoms with Crippen LogP contribution in [0.2, 0.25) is 0 Å². The van der Waals surface area contributed by atoms with Crippen molar-refractivity contribution >= 4 is 0 Å². The Bertz CT molecular complexity index is 128. The zero-order valence-electron chi connectivity index (χ0n) is 8.59. The molecule has 0 saturated heterocycles. The van der Waals surface area contributed by atoms with Crippen LogP contribution in [0.5, 0.6) is 0 Å². The van der Waals surface area contributed by atoms with Gasteiger partial charge in [-0.25, -0.2) is 0 Å². The summed E-state index contributed by atoms with van der Waals surface area (Å²) in [7, 11) is 2.21. The standard InChI is InChI=1S/C10H22N2/c1-8(2)6-12(3)7-9-4-10(11)5-9/h8-10H,4-7,11H2,1-3H3. The summed E-state index contributed by atoms with van der Waals surface area (Å²) in [6.07, 6.45) is 2.48. The van der Waals surface area contributed by atoms with Gasteiger partial charge in [0.05, 0.1) is 0 Å². The molecule has 2 N–H and O–H groups in total. The number of nitrogens with two attached hydrogens (primary N) is 1. The van der Waals surface area contributed by atoms with Gasteiger partial charge >= 0.3 is 0 Å². The molecule has 0 aromatic rings. The van der Waals surface area contributed by atoms with Crippen molar-refractivity contribution < 1.29 is 0 Å². The van der Waals surface area contributed by atoms with Crippen LogP contribution in [0.15, 0.2) is 0 Å². The topological polar surface area (TPSA) is 29.3 Å². The molecular weight excluding hydrogens is 148 g/mol. The molecule has 0 heterocycles. The lowest BCUT2D eigenvalue weighted by molar-refractivity contribution is 0.172. The maximum atomic E-state index is 5.73. The minimum atomic E-state index is 0.502. The zero-order chi connectivity index (χ0) is 9.14. The van der Waals surface area contributed by atoms with Gasteiger partial charge in [-0.2, -0.15) is 0 Å². The number of rotatable bonds is 4. The SMILES string of the molecule is CC(C)CN(C)CC1CC(N)C1. The molecule has 1 rings (SSSR count). The van der Waals surface area contributed by atoms with Crippen LogP contribution in [0.3, 0.4) is 0 Å². The van der Waals surface area contributed by atoms with Crippen molar-refractivity contribution in [3.05, 3.63) is 0 Å². The third-order valence-electron chi connectivity index (χ3n) is 2.52. The fraction of sp³-hybridized carbons (Fsp3) is 1.00. The maximum absolute atomic E-state index is 5.73. The Kier molecular flexibility index (Phi) is 3.53. The Morgan fingerprint density at radius 2 is 2.00 bits per heavy atom. The van der Waals surface area contributed by atoms with Crippen LogP contribution < -0.4 is 5.73 Å². The summed E-state index contributed by atoms with van der Waals surface area (Å²) in [6, 6.07) is 0.502. The highest BCUT2D eigenvalue weighted by Crippen LogP contribution is 2.26. The average Bonchev–Trinajstić information content (AvgIpc) is 1.82. The van der Waals surface area contributed by atoms with Crippen LogP contribution in [0.4, 0.5) is 0 Å². The normalized spacial score (nSPS) is 29.5. The molecule has 1 saturated carbocycles. The van der Waals surface area contributed by atoms with Crippen LogP contribution in [0.25, 0.3) is 0 Å². The summed E-state index contributed by atoms with van der Waals surface area (Å²) in [5.41, 5.74) is 5.73. The fourth-order valence-electron chi connectivity index (χ4n) is 2.07. The summed E-state index contributed by atoms with van der Waals surface area (Å²) < 4.78 is 0. The Labute approximate surface area is 76.1 Å². The van der Waals surface area contributed by atoms with E-state index in [1.54, 1.807) is 0 Å². The lowest BCUT2D eigenvalue weighted by Crippen LogP contribution is -2.42. The molecular formula is C10H22N2. The molecule has 0 aliphatic heterocycles. The van der Waals surface area contributed by atoms with Crippen LogP contribution in [0, 0.1) is 11.8 Å². The van der Waals surface area contributed by atoms with E-state index in [-0.39, 0.29) is 0 Å². The van der Waals surface area contributed by atoms with Crippen molar-refractivity contribution in [1.82, 2.24) is 4.90 Å². The summed E-state index contributed by atoms with van der Waals surface area (Å²) in [6.45, 7) is 6.99. The first kappa shape index (κ1) is 10.0. The fourth-order valence-corrected chi connectivity index (χ4v) is 2.07. The third kappa shape index (κ3) is 3.11. The molecule has 1 aliphatic carbocycles. The monoisotopic (exact) mass is 170 g/mol. The third-order valence-corrected chi connectivity index (χ3v) is 2.52. The van der Waals surface area contributed by atoms with Gasteiger partial charge in [0.2, 0.25) is 0 Å². The molecule has 0 radical (unpaired) electrons. The van der Waals surface area contributed by atoms with E-state index in [1.165, 1.54) is 25.9 Å². The quantitative estimate of drug-likeness (QED) is 0.689. The molecule has 0 aromatic carbocycles. The summed E-state index contributed by atoms with van der Waals surface area (Å²) in [5, 5.41) is 0. The van der Waals surface area contributed by atoms with Crippen molar-refractivity contribution in [3.8, 4) is 0 Å². The maximum Gasteiger partial charge on any atom is 0.00450 e. The van der Waals surface area contributed by atoms with Gasteiger partial charge in [0.15, 0.2) is 0 Å². The largest absolute Gasteiger partial charge is 0.328 e. The lowest BCUT2D eigenvalue weighted by atomic mass is 9.80. The van der Waals surface area contributed by atoms with E-state index in [4.69, 9.17) is 5.73 Å². The number of hydrogen-bond donors (Lipinski definition) is 1. The van der Waals surface area contributed by atoms with Crippen molar-refractivity contribution in [2.45, 2.75) is 32.7 Å². The van der Waals surface area contributed by atoms with Crippen molar-refractivity contribution in [2.24, 2.45) is 17.6 Å². The van der Waals surface area contributed by atoms with Crippen molar-refractivity contribution in [3.63, 3.8) is 0 Å². The predicted octanol–water partition coefficient (Wildman–Crippen LogP) is 1.31. The molecule has 0 unspecified atom stereocenters. The second-order valence-electron chi connectivity index (χ2n) is 4.71.